The van der Waals surface area contributed by atoms with Gasteiger partial charge in [-0.2, -0.15) is 0 Å². The SMILES string of the molecule is O=C1c2ccccc2NC(c2ccc(OCc3ccccc3Cl)cc2)N1c1ccc(F)cc1. The lowest BCUT2D eigenvalue weighted by molar-refractivity contribution is 0.0975. The van der Waals surface area contributed by atoms with Crippen LogP contribution < -0.4 is 15.0 Å². The second kappa shape index (κ2) is 8.96. The third-order valence-corrected chi connectivity index (χ3v) is 5.95. The van der Waals surface area contributed by atoms with Crippen molar-refractivity contribution in [3.63, 3.8) is 0 Å². The number of benzene rings is 4. The second-order valence-corrected chi connectivity index (χ2v) is 8.10. The van der Waals surface area contributed by atoms with Gasteiger partial charge in [-0.25, -0.2) is 4.39 Å². The van der Waals surface area contributed by atoms with Gasteiger partial charge in [0.25, 0.3) is 5.91 Å². The third kappa shape index (κ3) is 4.28. The molecule has 0 aliphatic carbocycles. The molecule has 164 valence electrons. The van der Waals surface area contributed by atoms with Crippen LogP contribution in [0.5, 0.6) is 5.75 Å². The molecule has 4 aromatic rings. The Kier molecular flexibility index (Phi) is 5.71. The van der Waals surface area contributed by atoms with E-state index < -0.39 is 6.17 Å². The van der Waals surface area contributed by atoms with E-state index in [4.69, 9.17) is 16.3 Å². The normalized spacial score (nSPS) is 15.0. The van der Waals surface area contributed by atoms with Crippen molar-refractivity contribution in [1.82, 2.24) is 0 Å². The highest BCUT2D eigenvalue weighted by atomic mass is 35.5. The summed E-state index contributed by atoms with van der Waals surface area (Å²) in [6.45, 7) is 0.355. The van der Waals surface area contributed by atoms with Crippen LogP contribution in [0, 0.1) is 5.82 Å². The van der Waals surface area contributed by atoms with E-state index in [1.165, 1.54) is 12.1 Å². The Labute approximate surface area is 196 Å². The zero-order valence-electron chi connectivity index (χ0n) is 17.5. The van der Waals surface area contributed by atoms with Crippen molar-refractivity contribution in [2.45, 2.75) is 12.8 Å². The zero-order chi connectivity index (χ0) is 22.8. The van der Waals surface area contributed by atoms with Gasteiger partial charge in [0.2, 0.25) is 0 Å². The first-order valence-electron chi connectivity index (χ1n) is 10.5. The van der Waals surface area contributed by atoms with Gasteiger partial charge in [-0.3, -0.25) is 9.69 Å². The van der Waals surface area contributed by atoms with Crippen molar-refractivity contribution in [3.8, 4) is 5.75 Å². The number of nitrogens with one attached hydrogen (secondary N) is 1. The van der Waals surface area contributed by atoms with Crippen molar-refractivity contribution in [1.29, 1.82) is 0 Å². The van der Waals surface area contributed by atoms with Gasteiger partial charge in [0, 0.05) is 22.0 Å². The summed E-state index contributed by atoms with van der Waals surface area (Å²) in [5, 5.41) is 4.10. The van der Waals surface area contributed by atoms with E-state index in [1.807, 2.05) is 66.7 Å². The van der Waals surface area contributed by atoms with Crippen LogP contribution in [0.15, 0.2) is 97.1 Å². The van der Waals surface area contributed by atoms with Gasteiger partial charge in [-0.1, -0.05) is 54.1 Å². The monoisotopic (exact) mass is 458 g/mol. The van der Waals surface area contributed by atoms with Crippen molar-refractivity contribution in [2.75, 3.05) is 10.2 Å². The van der Waals surface area contributed by atoms with Gasteiger partial charge in [-0.15, -0.1) is 0 Å². The van der Waals surface area contributed by atoms with Crippen LogP contribution in [-0.4, -0.2) is 5.91 Å². The van der Waals surface area contributed by atoms with Crippen LogP contribution in [0.3, 0.4) is 0 Å². The number of hydrogen-bond donors (Lipinski definition) is 1. The number of para-hydroxylation sites is 1. The summed E-state index contributed by atoms with van der Waals surface area (Å²) in [5.74, 6) is 0.183. The molecule has 33 heavy (non-hydrogen) atoms. The number of carbonyl (C=O) groups excluding carboxylic acids is 1. The lowest BCUT2D eigenvalue weighted by atomic mass is 10.0. The van der Waals surface area contributed by atoms with Crippen molar-refractivity contribution in [3.05, 3.63) is 125 Å². The van der Waals surface area contributed by atoms with E-state index in [0.717, 1.165) is 16.8 Å². The number of nitrogens with zero attached hydrogens (tertiary/aromatic N) is 1. The van der Waals surface area contributed by atoms with Crippen LogP contribution >= 0.6 is 11.6 Å². The van der Waals surface area contributed by atoms with Gasteiger partial charge in [-0.05, 0) is 60.2 Å². The summed E-state index contributed by atoms with van der Waals surface area (Å²) >= 11 is 6.21. The number of halogens is 2. The van der Waals surface area contributed by atoms with E-state index >= 15 is 0 Å². The Bertz CT molecular complexity index is 1290. The minimum absolute atomic E-state index is 0.153. The number of carbonyl (C=O) groups is 1. The van der Waals surface area contributed by atoms with Crippen LogP contribution in [0.4, 0.5) is 15.8 Å². The molecule has 0 radical (unpaired) electrons. The van der Waals surface area contributed by atoms with Crippen LogP contribution in [0.2, 0.25) is 5.02 Å². The summed E-state index contributed by atoms with van der Waals surface area (Å²) in [4.78, 5) is 15.0. The molecule has 4 aromatic carbocycles. The Balaban J connectivity index is 1.43. The first-order valence-corrected chi connectivity index (χ1v) is 10.9. The van der Waals surface area contributed by atoms with Gasteiger partial charge in [0.1, 0.15) is 24.3 Å². The fourth-order valence-electron chi connectivity index (χ4n) is 3.88. The molecule has 5 rings (SSSR count). The molecule has 0 saturated heterocycles. The molecule has 1 N–H and O–H groups in total. The predicted molar refractivity (Wildman–Crippen MR) is 128 cm³/mol. The van der Waals surface area contributed by atoms with Crippen molar-refractivity contribution >= 4 is 28.9 Å². The molecule has 0 saturated carbocycles. The molecule has 6 heteroatoms. The quantitative estimate of drug-likeness (QED) is 0.356. The minimum Gasteiger partial charge on any atom is -0.489 e. The van der Waals surface area contributed by atoms with Gasteiger partial charge >= 0.3 is 0 Å². The Morgan fingerprint density at radius 1 is 0.879 bits per heavy atom. The summed E-state index contributed by atoms with van der Waals surface area (Å²) in [6, 6.07) is 28.4. The maximum atomic E-state index is 13.5. The summed E-state index contributed by atoms with van der Waals surface area (Å²) in [5.41, 5.74) is 3.70. The molecule has 1 aliphatic rings. The Morgan fingerprint density at radius 3 is 2.33 bits per heavy atom. The Hall–Kier alpha value is -3.83. The number of fused-ring (bicyclic) bond motifs is 1. The first-order chi connectivity index (χ1) is 16.1. The standard InChI is InChI=1S/C27H20ClFN2O2/c28-24-7-3-1-5-19(24)17-33-22-15-9-18(10-16-22)26-30-25-8-4-2-6-23(25)27(32)31(26)21-13-11-20(29)12-14-21/h1-16,26,30H,17H2. The number of anilines is 2. The lowest BCUT2D eigenvalue weighted by Crippen LogP contribution is -2.43. The van der Waals surface area contributed by atoms with E-state index in [2.05, 4.69) is 5.32 Å². The molecule has 1 atom stereocenters. The topological polar surface area (TPSA) is 41.6 Å². The summed E-state index contributed by atoms with van der Waals surface area (Å²) < 4.78 is 19.4. The minimum atomic E-state index is -0.463. The van der Waals surface area contributed by atoms with E-state index in [9.17, 15) is 9.18 Å². The molecule has 1 aliphatic heterocycles. The zero-order valence-corrected chi connectivity index (χ0v) is 18.3. The second-order valence-electron chi connectivity index (χ2n) is 7.69. The van der Waals surface area contributed by atoms with E-state index in [-0.39, 0.29) is 11.7 Å². The molecule has 1 heterocycles. The van der Waals surface area contributed by atoms with Gasteiger partial charge < -0.3 is 10.1 Å². The maximum Gasteiger partial charge on any atom is 0.262 e. The number of amides is 1. The molecule has 0 bridgehead atoms. The third-order valence-electron chi connectivity index (χ3n) is 5.58. The van der Waals surface area contributed by atoms with Crippen LogP contribution in [-0.2, 0) is 6.61 Å². The highest BCUT2D eigenvalue weighted by Gasteiger charge is 2.34. The largest absolute Gasteiger partial charge is 0.489 e. The van der Waals surface area contributed by atoms with Crippen LogP contribution in [0.25, 0.3) is 0 Å². The molecular formula is C27H20ClFN2O2. The molecule has 1 unspecified atom stereocenters. The van der Waals surface area contributed by atoms with Gasteiger partial charge in [0.15, 0.2) is 0 Å². The van der Waals surface area contributed by atoms with E-state index in [1.54, 1.807) is 23.1 Å². The number of rotatable bonds is 5. The van der Waals surface area contributed by atoms with Crippen molar-refractivity contribution < 1.29 is 13.9 Å². The average molecular weight is 459 g/mol. The fraction of sp³-hybridized carbons (Fsp3) is 0.0741. The molecule has 0 fully saturated rings. The molecule has 4 nitrogen and oxygen atoms in total. The van der Waals surface area contributed by atoms with Crippen LogP contribution in [0.1, 0.15) is 27.7 Å². The highest BCUT2D eigenvalue weighted by molar-refractivity contribution is 6.31. The fourth-order valence-corrected chi connectivity index (χ4v) is 4.07. The lowest BCUT2D eigenvalue weighted by Gasteiger charge is -2.38. The molecular weight excluding hydrogens is 439 g/mol. The summed E-state index contributed by atoms with van der Waals surface area (Å²) in [6.07, 6.45) is -0.463. The molecule has 1 amide bonds. The Morgan fingerprint density at radius 2 is 1.58 bits per heavy atom. The number of ether oxygens (including phenoxy) is 1. The van der Waals surface area contributed by atoms with Crippen molar-refractivity contribution in [2.24, 2.45) is 0 Å². The molecule has 0 spiro atoms. The smallest absolute Gasteiger partial charge is 0.262 e. The first kappa shape index (κ1) is 21.0. The average Bonchev–Trinajstić information content (AvgIpc) is 2.85. The van der Waals surface area contributed by atoms with E-state index in [0.29, 0.717) is 28.6 Å². The van der Waals surface area contributed by atoms with Gasteiger partial charge in [0.05, 0.1) is 5.56 Å². The summed E-state index contributed by atoms with van der Waals surface area (Å²) in [7, 11) is 0. The predicted octanol–water partition coefficient (Wildman–Crippen LogP) is 6.83. The number of hydrogen-bond acceptors (Lipinski definition) is 3. The highest BCUT2D eigenvalue weighted by Crippen LogP contribution is 2.37. The maximum absolute atomic E-state index is 13.5. The molecule has 0 aromatic heterocycles.